The van der Waals surface area contributed by atoms with Crippen molar-refractivity contribution in [3.05, 3.63) is 209 Å². The van der Waals surface area contributed by atoms with Crippen molar-refractivity contribution in [3.63, 3.8) is 0 Å². The number of benzene rings is 10. The summed E-state index contributed by atoms with van der Waals surface area (Å²) in [5, 5.41) is 4.64. The summed E-state index contributed by atoms with van der Waals surface area (Å²) in [7, 11) is 0. The van der Waals surface area contributed by atoms with Crippen LogP contribution in [0, 0.1) is 27.6 Å². The van der Waals surface area contributed by atoms with E-state index >= 15 is 19.2 Å². The molecule has 1 atom stereocenters. The van der Waals surface area contributed by atoms with Crippen LogP contribution in [0.4, 0.5) is 5.69 Å². The van der Waals surface area contributed by atoms with Gasteiger partial charge < -0.3 is 18.9 Å². The van der Waals surface area contributed by atoms with E-state index < -0.39 is 23.6 Å². The molecule has 580 valence electrons. The Bertz CT molecular complexity index is 5430. The first kappa shape index (κ1) is 78.5. The van der Waals surface area contributed by atoms with Crippen molar-refractivity contribution in [1.82, 2.24) is 14.9 Å². The van der Waals surface area contributed by atoms with Crippen LogP contribution in [0.2, 0.25) is 0 Å². The number of fused-ring (bicyclic) bond motifs is 5. The minimum atomic E-state index is -0.608. The van der Waals surface area contributed by atoms with Gasteiger partial charge >= 0.3 is 0 Å². The molecule has 0 saturated heterocycles. The van der Waals surface area contributed by atoms with Crippen LogP contribution in [0.15, 0.2) is 164 Å². The van der Waals surface area contributed by atoms with E-state index in [1.165, 1.54) is 9.80 Å². The molecule has 0 aliphatic carbocycles. The second kappa shape index (κ2) is 28.5. The fourth-order valence-electron chi connectivity index (χ4n) is 19.5. The van der Waals surface area contributed by atoms with Crippen molar-refractivity contribution >= 4 is 94.2 Å². The molecule has 0 bridgehead atoms. The van der Waals surface area contributed by atoms with Crippen molar-refractivity contribution < 1.29 is 38.1 Å². The van der Waals surface area contributed by atoms with E-state index in [1.54, 1.807) is 42.7 Å². The number of ether oxygens (including phenoxy) is 4. The van der Waals surface area contributed by atoms with Gasteiger partial charge in [0.15, 0.2) is 0 Å². The number of nitrogens with zero attached hydrogens (tertiary/aromatic N) is 4. The molecule has 10 aromatic carbocycles. The van der Waals surface area contributed by atoms with Crippen molar-refractivity contribution in [3.8, 4) is 46.0 Å². The van der Waals surface area contributed by atoms with Crippen LogP contribution >= 0.6 is 0 Å². The van der Waals surface area contributed by atoms with E-state index in [0.29, 0.717) is 93.6 Å². The monoisotopic (exact) mass is 1500 g/mol. The summed E-state index contributed by atoms with van der Waals surface area (Å²) in [6.45, 7) is 49.7. The number of carbonyl (C=O) groups is 4. The molecule has 0 N–H and O–H groups in total. The van der Waals surface area contributed by atoms with Crippen LogP contribution in [0.3, 0.4) is 0 Å². The van der Waals surface area contributed by atoms with E-state index in [-0.39, 0.29) is 101 Å². The summed E-state index contributed by atoms with van der Waals surface area (Å²) >= 11 is 0. The Labute approximate surface area is 662 Å². The molecule has 12 aromatic rings. The van der Waals surface area contributed by atoms with Crippen LogP contribution < -0.4 is 23.8 Å². The SMILES string of the molecule is CCCCC(CC)CN1C(=O)c2cc(Oc3ccc(C(C)(C)CC(C)(C)C)cc3)c3c4c(Oc5ccc(C(C)(C)CC(C)(C)C)cc5)cc5c6c(cc(Oc7ccc(C(C)(C)CC(C)(C)C)cc7)c(c7c(Oc8ccc(C(C)(C)CC(C)(C)C)cc8)cc(c2c37)C1=O)c64)C(=O)N(c1cc2cccnc2c2ncccc12)C5=O. The molecule has 0 fully saturated rings. The molecule has 0 saturated carbocycles. The molecule has 0 radical (unpaired) electrons. The third-order valence-electron chi connectivity index (χ3n) is 23.0. The first-order valence-electron chi connectivity index (χ1n) is 40.4. The van der Waals surface area contributed by atoms with Gasteiger partial charge in [0.2, 0.25) is 0 Å². The number of hydrogen-bond acceptors (Lipinski definition) is 10. The van der Waals surface area contributed by atoms with Gasteiger partial charge in [0, 0.05) is 72.8 Å². The van der Waals surface area contributed by atoms with Crippen molar-refractivity contribution in [2.75, 3.05) is 11.4 Å². The Morgan fingerprint density at radius 1 is 0.357 bits per heavy atom. The maximum absolute atomic E-state index is 16.8. The number of aromatic nitrogens is 2. The molecule has 4 amide bonds. The third kappa shape index (κ3) is 15.1. The Balaban J connectivity index is 1.15. The van der Waals surface area contributed by atoms with E-state index in [9.17, 15) is 0 Å². The number of pyridine rings is 2. The molecule has 1 unspecified atom stereocenters. The van der Waals surface area contributed by atoms with E-state index in [1.807, 2.05) is 72.8 Å². The fraction of sp³-hybridized carbons (Fsp3) is 0.400. The van der Waals surface area contributed by atoms with Crippen molar-refractivity contribution in [2.45, 2.75) is 225 Å². The summed E-state index contributed by atoms with van der Waals surface area (Å²) in [5.74, 6) is 0.816. The predicted octanol–water partition coefficient (Wildman–Crippen LogP) is 27.5. The van der Waals surface area contributed by atoms with Gasteiger partial charge in [-0.1, -0.05) is 226 Å². The van der Waals surface area contributed by atoms with Gasteiger partial charge in [-0.25, -0.2) is 4.90 Å². The molecule has 4 heterocycles. The Kier molecular flexibility index (Phi) is 19.9. The highest BCUT2D eigenvalue weighted by atomic mass is 16.5. The normalized spacial score (nSPS) is 14.5. The molecule has 0 spiro atoms. The molecule has 14 rings (SSSR count). The molecule has 12 nitrogen and oxygen atoms in total. The van der Waals surface area contributed by atoms with Crippen LogP contribution in [0.1, 0.15) is 267 Å². The largest absolute Gasteiger partial charge is 0.457 e. The maximum atomic E-state index is 16.8. The quantitative estimate of drug-likeness (QED) is 0.0346. The first-order valence-corrected chi connectivity index (χ1v) is 40.4. The van der Waals surface area contributed by atoms with E-state index in [2.05, 4.69) is 201 Å². The lowest BCUT2D eigenvalue weighted by molar-refractivity contribution is 0.0578. The van der Waals surface area contributed by atoms with Crippen LogP contribution in [0.25, 0.3) is 64.9 Å². The average Bonchev–Trinajstić information content (AvgIpc) is 0.670. The Morgan fingerprint density at radius 2 is 0.670 bits per heavy atom. The van der Waals surface area contributed by atoms with Gasteiger partial charge in [0.05, 0.1) is 39.0 Å². The highest BCUT2D eigenvalue weighted by Gasteiger charge is 2.44. The smallest absolute Gasteiger partial charge is 0.266 e. The number of anilines is 1. The summed E-state index contributed by atoms with van der Waals surface area (Å²) in [4.78, 5) is 78.6. The molecule has 2 aromatic heterocycles. The van der Waals surface area contributed by atoms with Crippen molar-refractivity contribution in [1.29, 1.82) is 0 Å². The minimum Gasteiger partial charge on any atom is -0.457 e. The lowest BCUT2D eigenvalue weighted by Crippen LogP contribution is -2.43. The minimum absolute atomic E-state index is 0.0222. The number of carbonyl (C=O) groups excluding carboxylic acids is 4. The standard InChI is InChI=1S/C100H112N4O8/c1-23-25-28-59(24-2)54-103-89(105)70-50-75(109-65-39-31-61(32-40-65)97(15,16)55-93(3,4)5)81-83-77(111-67-43-35-63(36-44-67)99(19,20)57-95(9,10)11)52-72-80-73(92(108)104(91(72)107)74-49-60-29-26-47-101-87(60)88-69(74)30-27-48-102-88)53-78(112-68-45-37-64(38-46-68)100(21,22)58-96(12,13)14)84(86(80)83)82-76(51-71(90(103)106)79(70)85(81)82)110-66-41-33-62(34-42-66)98(17,18)56-94(6,7)8/h26-27,29-53,59H,23-25,28,54-58H2,1-22H3. The molecule has 2 aliphatic rings. The average molecular weight is 1500 g/mol. The van der Waals surface area contributed by atoms with Gasteiger partial charge in [0.1, 0.15) is 46.0 Å². The fourth-order valence-corrected chi connectivity index (χ4v) is 19.5. The molecular weight excluding hydrogens is 1390 g/mol. The second-order valence-corrected chi connectivity index (χ2v) is 39.6. The molecule has 2 aliphatic heterocycles. The highest BCUT2D eigenvalue weighted by Crippen LogP contribution is 2.59. The third-order valence-corrected chi connectivity index (χ3v) is 23.0. The van der Waals surface area contributed by atoms with Crippen molar-refractivity contribution in [2.24, 2.45) is 27.6 Å². The summed E-state index contributed by atoms with van der Waals surface area (Å²) < 4.78 is 30.3. The first-order chi connectivity index (χ1) is 52.5. The van der Waals surface area contributed by atoms with Gasteiger partial charge in [-0.15, -0.1) is 0 Å². The number of amides is 4. The van der Waals surface area contributed by atoms with Gasteiger partial charge in [-0.3, -0.25) is 34.0 Å². The zero-order valence-corrected chi connectivity index (χ0v) is 70.1. The Morgan fingerprint density at radius 3 is 0.982 bits per heavy atom. The van der Waals surface area contributed by atoms with Crippen LogP contribution in [0.5, 0.6) is 46.0 Å². The van der Waals surface area contributed by atoms with Gasteiger partial charge in [-0.2, -0.15) is 0 Å². The lowest BCUT2D eigenvalue weighted by Gasteiger charge is -2.34. The molecule has 112 heavy (non-hydrogen) atoms. The van der Waals surface area contributed by atoms with Crippen LogP contribution in [-0.2, 0) is 21.7 Å². The number of unbranched alkanes of at least 4 members (excludes halogenated alkanes) is 1. The van der Waals surface area contributed by atoms with Crippen LogP contribution in [-0.4, -0.2) is 45.0 Å². The predicted molar refractivity (Wildman–Crippen MR) is 459 cm³/mol. The Hall–Kier alpha value is -10.2. The second-order valence-electron chi connectivity index (χ2n) is 39.6. The van der Waals surface area contributed by atoms with E-state index in [4.69, 9.17) is 28.9 Å². The number of hydrogen-bond donors (Lipinski definition) is 0. The zero-order chi connectivity index (χ0) is 80.5. The van der Waals surface area contributed by atoms with E-state index in [0.717, 1.165) is 73.6 Å². The topological polar surface area (TPSA) is 137 Å². The van der Waals surface area contributed by atoms with Gasteiger partial charge in [0.25, 0.3) is 23.6 Å². The maximum Gasteiger partial charge on any atom is 0.266 e. The zero-order valence-electron chi connectivity index (χ0n) is 70.1. The molecular formula is C100H112N4O8. The lowest BCUT2D eigenvalue weighted by atomic mass is 9.72. The summed E-state index contributed by atoms with van der Waals surface area (Å²) in [5.41, 5.74) is 6.05. The van der Waals surface area contributed by atoms with Gasteiger partial charge in [-0.05, 0) is 201 Å². The number of imide groups is 2. The molecule has 12 heteroatoms. The summed E-state index contributed by atoms with van der Waals surface area (Å²) in [6, 6.07) is 49.1. The summed E-state index contributed by atoms with van der Waals surface area (Å²) in [6.07, 6.45) is 10.5. The number of rotatable bonds is 23. The highest BCUT2D eigenvalue weighted by molar-refractivity contribution is 6.47.